The molecule has 150 valence electrons. The number of phenols is 3. The molecule has 0 bridgehead atoms. The maximum absolute atomic E-state index is 10.7. The van der Waals surface area contributed by atoms with Crippen LogP contribution in [0.2, 0.25) is 0 Å². The van der Waals surface area contributed by atoms with Gasteiger partial charge in [0.1, 0.15) is 17.2 Å². The third kappa shape index (κ3) is 3.93. The molecule has 0 fully saturated rings. The first-order valence-corrected chi connectivity index (χ1v) is 9.13. The highest BCUT2D eigenvalue weighted by molar-refractivity contribution is 5.73. The van der Waals surface area contributed by atoms with E-state index in [0.29, 0.717) is 17.2 Å². The van der Waals surface area contributed by atoms with E-state index in [-0.39, 0.29) is 17.2 Å². The van der Waals surface area contributed by atoms with Crippen molar-refractivity contribution < 1.29 is 29.5 Å². The molecule has 0 unspecified atom stereocenters. The fraction of sp³-hybridized carbons (Fsp3) is 0. The Kier molecular flexibility index (Phi) is 5.30. The summed E-state index contributed by atoms with van der Waals surface area (Å²) in [7, 11) is 0. The number of ether oxygens (including phenoxy) is 3. The lowest BCUT2D eigenvalue weighted by Crippen LogP contribution is -1.94. The Morgan fingerprint density at radius 3 is 0.833 bits per heavy atom. The maximum Gasteiger partial charge on any atom is 0.218 e. The SMILES string of the molecule is Oc1c(Oc2ccccc2)c(O)c(Oc2ccccc2)c(O)c1Oc1ccccc1. The predicted octanol–water partition coefficient (Wildman–Crippen LogP) is 6.18. The average Bonchev–Trinajstić information content (AvgIpc) is 2.79. The number of phenolic OH excluding ortho intramolecular Hbond substituents is 3. The zero-order valence-corrected chi connectivity index (χ0v) is 15.7. The van der Waals surface area contributed by atoms with Crippen LogP contribution < -0.4 is 14.2 Å². The first-order chi connectivity index (χ1) is 14.6. The van der Waals surface area contributed by atoms with E-state index in [4.69, 9.17) is 14.2 Å². The Morgan fingerprint density at radius 2 is 0.600 bits per heavy atom. The number of aromatic hydroxyl groups is 3. The van der Waals surface area contributed by atoms with Gasteiger partial charge in [-0.2, -0.15) is 0 Å². The van der Waals surface area contributed by atoms with Gasteiger partial charge in [0.2, 0.25) is 34.5 Å². The molecule has 0 atom stereocenters. The summed E-state index contributed by atoms with van der Waals surface area (Å²) in [6.07, 6.45) is 0. The highest BCUT2D eigenvalue weighted by Crippen LogP contribution is 2.58. The highest BCUT2D eigenvalue weighted by Gasteiger charge is 2.29. The fourth-order valence-electron chi connectivity index (χ4n) is 2.75. The van der Waals surface area contributed by atoms with Crippen molar-refractivity contribution in [3.8, 4) is 51.7 Å². The van der Waals surface area contributed by atoms with E-state index >= 15 is 0 Å². The zero-order chi connectivity index (χ0) is 20.9. The Morgan fingerprint density at radius 1 is 0.367 bits per heavy atom. The maximum atomic E-state index is 10.7. The van der Waals surface area contributed by atoms with Crippen LogP contribution in [0.25, 0.3) is 0 Å². The van der Waals surface area contributed by atoms with Crippen LogP contribution in [0.1, 0.15) is 0 Å². The molecule has 4 rings (SSSR count). The summed E-state index contributed by atoms with van der Waals surface area (Å²) >= 11 is 0. The van der Waals surface area contributed by atoms with Gasteiger partial charge in [-0.25, -0.2) is 0 Å². The minimum absolute atomic E-state index is 0.309. The number of para-hydroxylation sites is 3. The molecule has 4 aromatic carbocycles. The van der Waals surface area contributed by atoms with Gasteiger partial charge in [0, 0.05) is 0 Å². The quantitative estimate of drug-likeness (QED) is 0.357. The second-order valence-electron chi connectivity index (χ2n) is 6.28. The molecule has 6 heteroatoms. The Hall–Kier alpha value is -4.32. The largest absolute Gasteiger partial charge is 0.501 e. The van der Waals surface area contributed by atoms with Crippen molar-refractivity contribution in [3.05, 3.63) is 91.0 Å². The average molecular weight is 402 g/mol. The smallest absolute Gasteiger partial charge is 0.218 e. The molecule has 3 N–H and O–H groups in total. The van der Waals surface area contributed by atoms with Crippen molar-refractivity contribution in [2.75, 3.05) is 0 Å². The van der Waals surface area contributed by atoms with Crippen molar-refractivity contribution in [1.29, 1.82) is 0 Å². The van der Waals surface area contributed by atoms with Gasteiger partial charge < -0.3 is 29.5 Å². The van der Waals surface area contributed by atoms with Crippen LogP contribution in [-0.4, -0.2) is 15.3 Å². The van der Waals surface area contributed by atoms with Crippen LogP contribution >= 0.6 is 0 Å². The summed E-state index contributed by atoms with van der Waals surface area (Å²) in [4.78, 5) is 0. The van der Waals surface area contributed by atoms with Crippen molar-refractivity contribution >= 4 is 0 Å². The summed E-state index contributed by atoms with van der Waals surface area (Å²) in [6, 6.07) is 25.8. The van der Waals surface area contributed by atoms with Gasteiger partial charge in [0.05, 0.1) is 0 Å². The third-order valence-corrected chi connectivity index (χ3v) is 4.18. The van der Waals surface area contributed by atoms with Crippen LogP contribution in [0.4, 0.5) is 0 Å². The van der Waals surface area contributed by atoms with Crippen molar-refractivity contribution in [2.24, 2.45) is 0 Å². The Bertz CT molecular complexity index is 961. The molecule has 0 amide bonds. The molecule has 4 aromatic rings. The zero-order valence-electron chi connectivity index (χ0n) is 15.7. The first kappa shape index (κ1) is 19.0. The number of rotatable bonds is 6. The van der Waals surface area contributed by atoms with Crippen LogP contribution in [0, 0.1) is 0 Å². The van der Waals surface area contributed by atoms with E-state index in [9.17, 15) is 15.3 Å². The highest BCUT2D eigenvalue weighted by atomic mass is 16.5. The third-order valence-electron chi connectivity index (χ3n) is 4.18. The molecule has 0 aliphatic heterocycles. The van der Waals surface area contributed by atoms with Crippen molar-refractivity contribution in [3.63, 3.8) is 0 Å². The number of benzene rings is 4. The van der Waals surface area contributed by atoms with Crippen LogP contribution in [0.15, 0.2) is 91.0 Å². The van der Waals surface area contributed by atoms with Crippen molar-refractivity contribution in [2.45, 2.75) is 0 Å². The lowest BCUT2D eigenvalue weighted by Gasteiger charge is -2.18. The molecule has 30 heavy (non-hydrogen) atoms. The van der Waals surface area contributed by atoms with Gasteiger partial charge in [-0.3, -0.25) is 0 Å². The first-order valence-electron chi connectivity index (χ1n) is 9.13. The number of hydrogen-bond acceptors (Lipinski definition) is 6. The molecule has 6 nitrogen and oxygen atoms in total. The molecular formula is C24H18O6. The summed E-state index contributed by atoms with van der Waals surface area (Å²) < 4.78 is 17.0. The summed E-state index contributed by atoms with van der Waals surface area (Å²) in [5.74, 6) is -1.54. The molecule has 0 heterocycles. The van der Waals surface area contributed by atoms with E-state index in [1.165, 1.54) is 0 Å². The molecule has 0 aliphatic carbocycles. The summed E-state index contributed by atoms with van der Waals surface area (Å²) in [5.41, 5.74) is 0. The van der Waals surface area contributed by atoms with Gasteiger partial charge in [-0.1, -0.05) is 54.6 Å². The molecule has 0 radical (unpaired) electrons. The Balaban J connectivity index is 1.83. The predicted molar refractivity (Wildman–Crippen MR) is 111 cm³/mol. The van der Waals surface area contributed by atoms with Gasteiger partial charge >= 0.3 is 0 Å². The van der Waals surface area contributed by atoms with E-state index in [1.807, 2.05) is 0 Å². The van der Waals surface area contributed by atoms with Gasteiger partial charge in [0.15, 0.2) is 0 Å². The second kappa shape index (κ2) is 8.36. The minimum atomic E-state index is -0.571. The lowest BCUT2D eigenvalue weighted by molar-refractivity contribution is 0.315. The molecule has 0 aromatic heterocycles. The van der Waals surface area contributed by atoms with Crippen LogP contribution in [-0.2, 0) is 0 Å². The summed E-state index contributed by atoms with van der Waals surface area (Å²) in [5, 5.41) is 32.2. The van der Waals surface area contributed by atoms with Crippen molar-refractivity contribution in [1.82, 2.24) is 0 Å². The van der Waals surface area contributed by atoms with Gasteiger partial charge in [0.25, 0.3) is 0 Å². The Labute approximate surface area is 172 Å². The van der Waals surface area contributed by atoms with E-state index in [2.05, 4.69) is 0 Å². The van der Waals surface area contributed by atoms with Gasteiger partial charge in [-0.05, 0) is 36.4 Å². The fourth-order valence-corrected chi connectivity index (χ4v) is 2.75. The van der Waals surface area contributed by atoms with E-state index in [0.717, 1.165) is 0 Å². The second-order valence-corrected chi connectivity index (χ2v) is 6.28. The normalized spacial score (nSPS) is 10.4. The molecule has 0 saturated carbocycles. The standard InChI is InChI=1S/C24H18O6/c25-19-22(28-16-10-4-1-5-11-16)20(26)24(30-18-14-8-3-9-15-18)21(27)23(19)29-17-12-6-2-7-13-17/h1-15,25-27H. The summed E-state index contributed by atoms with van der Waals surface area (Å²) in [6.45, 7) is 0. The molecule has 0 spiro atoms. The lowest BCUT2D eigenvalue weighted by atomic mass is 10.2. The van der Waals surface area contributed by atoms with Crippen LogP contribution in [0.5, 0.6) is 51.7 Å². The van der Waals surface area contributed by atoms with Gasteiger partial charge in [-0.15, -0.1) is 0 Å². The van der Waals surface area contributed by atoms with E-state index in [1.54, 1.807) is 91.0 Å². The molecule has 0 aliphatic rings. The van der Waals surface area contributed by atoms with Crippen LogP contribution in [0.3, 0.4) is 0 Å². The van der Waals surface area contributed by atoms with E-state index < -0.39 is 17.2 Å². The minimum Gasteiger partial charge on any atom is -0.501 e. The molecular weight excluding hydrogens is 384 g/mol. The topological polar surface area (TPSA) is 88.4 Å². The number of hydrogen-bond donors (Lipinski definition) is 3. The monoisotopic (exact) mass is 402 g/mol. The molecule has 0 saturated heterocycles.